The molecule has 1 aromatic carbocycles. The molecule has 3 heteroatoms. The Balaban J connectivity index is 2.32. The number of benzene rings is 1. The summed E-state index contributed by atoms with van der Waals surface area (Å²) in [5.74, 6) is 0.477. The van der Waals surface area contributed by atoms with Crippen molar-refractivity contribution in [1.29, 1.82) is 0 Å². The number of fused-ring (bicyclic) bond motifs is 1. The first kappa shape index (κ1) is 8.94. The molecule has 3 nitrogen and oxygen atoms in total. The Morgan fingerprint density at radius 1 is 1.29 bits per heavy atom. The Kier molecular flexibility index (Phi) is 2.58. The smallest absolute Gasteiger partial charge is 0.243 e. The number of nitrogens with zero attached hydrogens (tertiary/aromatic N) is 2. The molecule has 0 aliphatic heterocycles. The van der Waals surface area contributed by atoms with E-state index in [1.807, 2.05) is 24.3 Å². The molecular weight excluding hydrogens is 176 g/mol. The molecule has 0 saturated carbocycles. The monoisotopic (exact) mass is 187 g/mol. The van der Waals surface area contributed by atoms with Gasteiger partial charge in [-0.15, -0.1) is 0 Å². The average Bonchev–Trinajstić information content (AvgIpc) is 2.26. The topological polar surface area (TPSA) is 35.0 Å². The van der Waals surface area contributed by atoms with Gasteiger partial charge >= 0.3 is 0 Å². The van der Waals surface area contributed by atoms with Crippen LogP contribution >= 0.6 is 0 Å². The van der Waals surface area contributed by atoms with Crippen molar-refractivity contribution in [1.82, 2.24) is 9.97 Å². The molecule has 1 heterocycles. The molecule has 0 fully saturated rings. The largest absolute Gasteiger partial charge is 0.476 e. The second-order valence-electron chi connectivity index (χ2n) is 2.98. The summed E-state index contributed by atoms with van der Waals surface area (Å²) in [5, 5.41) is 0. The Labute approximate surface area is 82.8 Å². The molecule has 0 saturated heterocycles. The molecule has 71 valence electrons. The zero-order chi connectivity index (χ0) is 9.80. The Bertz CT molecular complexity index is 428. The van der Waals surface area contributed by atoms with Gasteiger partial charge in [-0.1, -0.05) is 19.1 Å². The number of rotatable bonds is 3. The van der Waals surface area contributed by atoms with Gasteiger partial charge in [0.2, 0.25) is 5.88 Å². The number of hydrogen-bond acceptors (Lipinski definition) is 3. The van der Waals surface area contributed by atoms with E-state index in [0.29, 0.717) is 12.5 Å². The van der Waals surface area contributed by atoms with Gasteiger partial charge in [-0.05, 0) is 18.6 Å². The molecule has 0 bridgehead atoms. The van der Waals surface area contributed by atoms with Crippen LogP contribution in [0.5, 0.6) is 5.88 Å². The third kappa shape index (κ3) is 1.82. The molecule has 2 aromatic rings. The fraction of sp³-hybridized carbons (Fsp3) is 0.273. The average molecular weight is 187 g/mol. The third-order valence-corrected chi connectivity index (χ3v) is 1.82. The summed E-state index contributed by atoms with van der Waals surface area (Å²) in [5.41, 5.74) is 1.69. The van der Waals surface area contributed by atoms with Crippen molar-refractivity contribution >= 4 is 11.0 Å². The fourth-order valence-electron chi connectivity index (χ4n) is 1.16. The molecule has 0 amide bonds. The standard InChI is InChI=1S/C11H11N2O/c1-2-7-14-11-8-12-9-5-3-4-6-10(9)13-11/h3-6H,2,7H2,1H3. The van der Waals surface area contributed by atoms with Gasteiger partial charge in [-0.25, -0.2) is 9.97 Å². The van der Waals surface area contributed by atoms with Gasteiger partial charge in [0.15, 0.2) is 6.20 Å². The lowest BCUT2D eigenvalue weighted by atomic mass is 10.3. The zero-order valence-corrected chi connectivity index (χ0v) is 8.03. The van der Waals surface area contributed by atoms with Gasteiger partial charge in [0.05, 0.1) is 17.6 Å². The lowest BCUT2D eigenvalue weighted by Crippen LogP contribution is -1.98. The van der Waals surface area contributed by atoms with E-state index in [4.69, 9.17) is 4.74 Å². The summed E-state index contributed by atoms with van der Waals surface area (Å²) in [4.78, 5) is 8.39. The number of aromatic nitrogens is 2. The third-order valence-electron chi connectivity index (χ3n) is 1.82. The van der Waals surface area contributed by atoms with Crippen LogP contribution in [-0.4, -0.2) is 16.6 Å². The molecule has 2 rings (SSSR count). The van der Waals surface area contributed by atoms with Crippen LogP contribution in [0.15, 0.2) is 24.3 Å². The molecule has 0 N–H and O–H groups in total. The maximum absolute atomic E-state index is 5.33. The van der Waals surface area contributed by atoms with E-state index >= 15 is 0 Å². The first-order valence-corrected chi connectivity index (χ1v) is 4.67. The van der Waals surface area contributed by atoms with Crippen LogP contribution in [0.2, 0.25) is 0 Å². The van der Waals surface area contributed by atoms with Gasteiger partial charge in [0, 0.05) is 0 Å². The minimum atomic E-state index is 0.477. The van der Waals surface area contributed by atoms with Crippen molar-refractivity contribution in [3.05, 3.63) is 30.5 Å². The molecule has 1 aromatic heterocycles. The quantitative estimate of drug-likeness (QED) is 0.739. The van der Waals surface area contributed by atoms with Crippen LogP contribution in [0.1, 0.15) is 13.3 Å². The normalized spacial score (nSPS) is 10.4. The SMILES string of the molecule is CCCOc1[c]nc2ccccc2n1. The second kappa shape index (κ2) is 4.05. The minimum Gasteiger partial charge on any atom is -0.476 e. The van der Waals surface area contributed by atoms with Crippen LogP contribution in [0.4, 0.5) is 0 Å². The fourth-order valence-corrected chi connectivity index (χ4v) is 1.16. The Morgan fingerprint density at radius 3 is 2.86 bits per heavy atom. The van der Waals surface area contributed by atoms with E-state index in [1.54, 1.807) is 0 Å². The van der Waals surface area contributed by atoms with Crippen molar-refractivity contribution in [2.45, 2.75) is 13.3 Å². The van der Waals surface area contributed by atoms with Gasteiger partial charge in [-0.2, -0.15) is 0 Å². The minimum absolute atomic E-state index is 0.477. The second-order valence-corrected chi connectivity index (χ2v) is 2.98. The number of hydrogen-bond donors (Lipinski definition) is 0. The molecule has 0 spiro atoms. The molecule has 0 aliphatic rings. The van der Waals surface area contributed by atoms with Gasteiger partial charge < -0.3 is 4.74 Å². The van der Waals surface area contributed by atoms with Gasteiger partial charge in [-0.3, -0.25) is 0 Å². The molecule has 0 unspecified atom stereocenters. The predicted molar refractivity (Wildman–Crippen MR) is 54.2 cm³/mol. The Hall–Kier alpha value is -1.64. The van der Waals surface area contributed by atoms with E-state index in [0.717, 1.165) is 17.5 Å². The highest BCUT2D eigenvalue weighted by atomic mass is 16.5. The van der Waals surface area contributed by atoms with Gasteiger partial charge in [0.25, 0.3) is 0 Å². The maximum Gasteiger partial charge on any atom is 0.243 e. The van der Waals surface area contributed by atoms with E-state index in [1.165, 1.54) is 0 Å². The van der Waals surface area contributed by atoms with Crippen LogP contribution in [0.3, 0.4) is 0 Å². The highest BCUT2D eigenvalue weighted by Crippen LogP contribution is 2.12. The van der Waals surface area contributed by atoms with E-state index in [9.17, 15) is 0 Å². The molecule has 0 aliphatic carbocycles. The predicted octanol–water partition coefficient (Wildman–Crippen LogP) is 2.22. The summed E-state index contributed by atoms with van der Waals surface area (Å²) in [6.45, 7) is 2.71. The highest BCUT2D eigenvalue weighted by molar-refractivity contribution is 5.73. The van der Waals surface area contributed by atoms with Crippen LogP contribution in [0.25, 0.3) is 11.0 Å². The lowest BCUT2D eigenvalue weighted by molar-refractivity contribution is 0.304. The molecular formula is C11H11N2O. The summed E-state index contributed by atoms with van der Waals surface area (Å²) >= 11 is 0. The van der Waals surface area contributed by atoms with Crippen LogP contribution in [0, 0.1) is 6.20 Å². The Morgan fingerprint density at radius 2 is 2.07 bits per heavy atom. The van der Waals surface area contributed by atoms with Gasteiger partial charge in [0.1, 0.15) is 0 Å². The van der Waals surface area contributed by atoms with Crippen molar-refractivity contribution in [2.24, 2.45) is 0 Å². The zero-order valence-electron chi connectivity index (χ0n) is 8.03. The van der Waals surface area contributed by atoms with Crippen molar-refractivity contribution < 1.29 is 4.74 Å². The first-order valence-electron chi connectivity index (χ1n) is 4.67. The lowest BCUT2D eigenvalue weighted by Gasteiger charge is -2.02. The summed E-state index contributed by atoms with van der Waals surface area (Å²) in [7, 11) is 0. The number of ether oxygens (including phenoxy) is 1. The maximum atomic E-state index is 5.33. The summed E-state index contributed by atoms with van der Waals surface area (Å²) < 4.78 is 5.33. The summed E-state index contributed by atoms with van der Waals surface area (Å²) in [6.07, 6.45) is 3.72. The van der Waals surface area contributed by atoms with E-state index < -0.39 is 0 Å². The van der Waals surface area contributed by atoms with Crippen molar-refractivity contribution in [2.75, 3.05) is 6.61 Å². The van der Waals surface area contributed by atoms with Crippen molar-refractivity contribution in [3.8, 4) is 5.88 Å². The van der Waals surface area contributed by atoms with E-state index in [2.05, 4.69) is 23.1 Å². The first-order chi connectivity index (χ1) is 6.90. The molecule has 0 atom stereocenters. The van der Waals surface area contributed by atoms with Crippen LogP contribution in [-0.2, 0) is 0 Å². The van der Waals surface area contributed by atoms with Crippen molar-refractivity contribution in [3.63, 3.8) is 0 Å². The van der Waals surface area contributed by atoms with Crippen LogP contribution < -0.4 is 4.74 Å². The van der Waals surface area contributed by atoms with E-state index in [-0.39, 0.29) is 0 Å². The number of para-hydroxylation sites is 2. The summed E-state index contributed by atoms with van der Waals surface area (Å²) in [6, 6.07) is 7.68. The molecule has 1 radical (unpaired) electrons. The molecule has 14 heavy (non-hydrogen) atoms. The highest BCUT2D eigenvalue weighted by Gasteiger charge is 1.99.